The quantitative estimate of drug-likeness (QED) is 0.935. The van der Waals surface area contributed by atoms with Gasteiger partial charge in [-0.15, -0.1) is 11.3 Å². The van der Waals surface area contributed by atoms with Gasteiger partial charge in [-0.25, -0.2) is 0 Å². The molecule has 3 heteroatoms. The minimum absolute atomic E-state index is 0.525. The maximum atomic E-state index is 11.0. The molecule has 1 aliphatic heterocycles. The fourth-order valence-electron chi connectivity index (χ4n) is 3.77. The summed E-state index contributed by atoms with van der Waals surface area (Å²) in [4.78, 5) is 2.52. The first kappa shape index (κ1) is 12.8. The van der Waals surface area contributed by atoms with E-state index in [4.69, 9.17) is 0 Å². The standard InChI is InChI=1S/C17H21NOS/c1-12-8-17(19,11-18(12)14-6-7-14)9-13-10-20-16-5-3-2-4-15(13)16/h2-5,10,12,14,19H,6-9,11H2,1H3. The lowest BCUT2D eigenvalue weighted by molar-refractivity contribution is 0.0491. The van der Waals surface area contributed by atoms with Gasteiger partial charge >= 0.3 is 0 Å². The molecule has 1 aromatic heterocycles. The lowest BCUT2D eigenvalue weighted by Crippen LogP contribution is -2.36. The fourth-order valence-corrected chi connectivity index (χ4v) is 4.74. The third-order valence-electron chi connectivity index (χ3n) is 4.81. The average Bonchev–Trinajstić information content (AvgIpc) is 3.13. The van der Waals surface area contributed by atoms with Gasteiger partial charge in [-0.1, -0.05) is 18.2 Å². The molecule has 20 heavy (non-hydrogen) atoms. The summed E-state index contributed by atoms with van der Waals surface area (Å²) in [7, 11) is 0. The van der Waals surface area contributed by atoms with Gasteiger partial charge in [0.25, 0.3) is 0 Å². The molecule has 0 radical (unpaired) electrons. The van der Waals surface area contributed by atoms with Crippen molar-refractivity contribution in [3.05, 3.63) is 35.2 Å². The van der Waals surface area contributed by atoms with Gasteiger partial charge in [0.1, 0.15) is 0 Å². The molecule has 2 atom stereocenters. The summed E-state index contributed by atoms with van der Waals surface area (Å²) in [6.07, 6.45) is 4.35. The number of nitrogens with zero attached hydrogens (tertiary/aromatic N) is 1. The van der Waals surface area contributed by atoms with Crippen LogP contribution in [-0.4, -0.2) is 34.2 Å². The molecule has 4 rings (SSSR count). The Balaban J connectivity index is 1.59. The van der Waals surface area contributed by atoms with Gasteiger partial charge in [-0.05, 0) is 48.6 Å². The van der Waals surface area contributed by atoms with Crippen LogP contribution >= 0.6 is 11.3 Å². The molecule has 106 valence electrons. The first-order valence-electron chi connectivity index (χ1n) is 7.58. The van der Waals surface area contributed by atoms with E-state index in [0.717, 1.165) is 25.4 Å². The van der Waals surface area contributed by atoms with Crippen LogP contribution in [-0.2, 0) is 6.42 Å². The number of fused-ring (bicyclic) bond motifs is 1. The number of thiophene rings is 1. The van der Waals surface area contributed by atoms with Gasteiger partial charge in [-0.2, -0.15) is 0 Å². The van der Waals surface area contributed by atoms with Crippen LogP contribution in [0.2, 0.25) is 0 Å². The molecule has 1 aliphatic carbocycles. The largest absolute Gasteiger partial charge is 0.388 e. The highest BCUT2D eigenvalue weighted by molar-refractivity contribution is 7.17. The average molecular weight is 287 g/mol. The SMILES string of the molecule is CC1CC(O)(Cc2csc3ccccc23)CN1C1CC1. The summed E-state index contributed by atoms with van der Waals surface area (Å²) >= 11 is 1.79. The van der Waals surface area contributed by atoms with Crippen molar-refractivity contribution in [3.8, 4) is 0 Å². The number of rotatable bonds is 3. The minimum Gasteiger partial charge on any atom is -0.388 e. The molecule has 2 aromatic rings. The maximum Gasteiger partial charge on any atom is 0.0829 e. The third-order valence-corrected chi connectivity index (χ3v) is 5.83. The molecule has 1 saturated heterocycles. The molecule has 2 heterocycles. The number of hydrogen-bond donors (Lipinski definition) is 1. The Bertz CT molecular complexity index is 633. The molecule has 2 nitrogen and oxygen atoms in total. The van der Waals surface area contributed by atoms with E-state index >= 15 is 0 Å². The second-order valence-corrected chi connectivity index (χ2v) is 7.53. The van der Waals surface area contributed by atoms with Crippen molar-refractivity contribution in [1.29, 1.82) is 0 Å². The van der Waals surface area contributed by atoms with Crippen molar-refractivity contribution in [2.45, 2.75) is 50.3 Å². The summed E-state index contributed by atoms with van der Waals surface area (Å²) in [6, 6.07) is 9.80. The van der Waals surface area contributed by atoms with Crippen LogP contribution in [0.1, 0.15) is 31.7 Å². The Hall–Kier alpha value is -0.900. The zero-order valence-electron chi connectivity index (χ0n) is 11.9. The Morgan fingerprint density at radius 3 is 2.95 bits per heavy atom. The molecule has 2 fully saturated rings. The number of likely N-dealkylation sites (tertiary alicyclic amines) is 1. The Kier molecular flexibility index (Phi) is 2.92. The summed E-state index contributed by atoms with van der Waals surface area (Å²) in [5, 5.41) is 14.6. The molecule has 0 amide bonds. The van der Waals surface area contributed by atoms with Crippen LogP contribution in [0, 0.1) is 0 Å². The van der Waals surface area contributed by atoms with E-state index in [1.807, 2.05) is 0 Å². The van der Waals surface area contributed by atoms with Gasteiger partial charge in [-0.3, -0.25) is 4.90 Å². The lowest BCUT2D eigenvalue weighted by Gasteiger charge is -2.23. The Morgan fingerprint density at radius 2 is 2.15 bits per heavy atom. The van der Waals surface area contributed by atoms with Crippen molar-refractivity contribution in [2.24, 2.45) is 0 Å². The van der Waals surface area contributed by atoms with Gasteiger partial charge in [0, 0.05) is 29.7 Å². The van der Waals surface area contributed by atoms with Crippen LogP contribution in [0.3, 0.4) is 0 Å². The van der Waals surface area contributed by atoms with Crippen LogP contribution in [0.15, 0.2) is 29.6 Å². The molecule has 1 aromatic carbocycles. The molecular formula is C17H21NOS. The molecule has 1 N–H and O–H groups in total. The normalized spacial score (nSPS) is 31.2. The van der Waals surface area contributed by atoms with Crippen LogP contribution in [0.5, 0.6) is 0 Å². The molecule has 1 saturated carbocycles. The highest BCUT2D eigenvalue weighted by Gasteiger charge is 2.46. The molecule has 0 spiro atoms. The zero-order valence-corrected chi connectivity index (χ0v) is 12.7. The van der Waals surface area contributed by atoms with E-state index in [2.05, 4.69) is 41.5 Å². The minimum atomic E-state index is -0.536. The summed E-state index contributed by atoms with van der Waals surface area (Å²) in [5.41, 5.74) is 0.782. The maximum absolute atomic E-state index is 11.0. The van der Waals surface area contributed by atoms with Crippen molar-refractivity contribution in [3.63, 3.8) is 0 Å². The van der Waals surface area contributed by atoms with Gasteiger partial charge < -0.3 is 5.11 Å². The van der Waals surface area contributed by atoms with Crippen molar-refractivity contribution in [2.75, 3.05) is 6.54 Å². The molecule has 2 unspecified atom stereocenters. The van der Waals surface area contributed by atoms with Crippen LogP contribution in [0.4, 0.5) is 0 Å². The number of aliphatic hydroxyl groups is 1. The first-order valence-corrected chi connectivity index (χ1v) is 8.46. The molecule has 0 bridgehead atoms. The second kappa shape index (κ2) is 4.55. The predicted octanol–water partition coefficient (Wildman–Crippen LogP) is 3.43. The monoisotopic (exact) mass is 287 g/mol. The van der Waals surface area contributed by atoms with E-state index < -0.39 is 5.60 Å². The topological polar surface area (TPSA) is 23.5 Å². The van der Waals surface area contributed by atoms with Gasteiger partial charge in [0.15, 0.2) is 0 Å². The van der Waals surface area contributed by atoms with Crippen LogP contribution < -0.4 is 0 Å². The highest BCUT2D eigenvalue weighted by Crippen LogP contribution is 2.39. The van der Waals surface area contributed by atoms with E-state index in [1.54, 1.807) is 11.3 Å². The van der Waals surface area contributed by atoms with E-state index in [0.29, 0.717) is 6.04 Å². The first-order chi connectivity index (χ1) is 9.65. The Labute approximate surface area is 124 Å². The van der Waals surface area contributed by atoms with Crippen molar-refractivity contribution in [1.82, 2.24) is 4.90 Å². The second-order valence-electron chi connectivity index (χ2n) is 6.61. The van der Waals surface area contributed by atoms with E-state index in [9.17, 15) is 5.11 Å². The fraction of sp³-hybridized carbons (Fsp3) is 0.529. The lowest BCUT2D eigenvalue weighted by atomic mass is 9.92. The predicted molar refractivity (Wildman–Crippen MR) is 84.3 cm³/mol. The summed E-state index contributed by atoms with van der Waals surface area (Å²) < 4.78 is 1.33. The summed E-state index contributed by atoms with van der Waals surface area (Å²) in [6.45, 7) is 3.12. The molecule has 2 aliphatic rings. The van der Waals surface area contributed by atoms with E-state index in [1.165, 1.54) is 28.5 Å². The number of benzene rings is 1. The highest BCUT2D eigenvalue weighted by atomic mass is 32.1. The van der Waals surface area contributed by atoms with E-state index in [-0.39, 0.29) is 0 Å². The van der Waals surface area contributed by atoms with Crippen LogP contribution in [0.25, 0.3) is 10.1 Å². The van der Waals surface area contributed by atoms with Crippen molar-refractivity contribution >= 4 is 21.4 Å². The van der Waals surface area contributed by atoms with Gasteiger partial charge in [0.2, 0.25) is 0 Å². The zero-order chi connectivity index (χ0) is 13.7. The number of hydrogen-bond acceptors (Lipinski definition) is 3. The number of β-amino-alcohol motifs (C(OH)–C–C–N with tert-alkyl or cyclic N) is 1. The van der Waals surface area contributed by atoms with Crippen molar-refractivity contribution < 1.29 is 5.11 Å². The molecular weight excluding hydrogens is 266 g/mol. The smallest absolute Gasteiger partial charge is 0.0829 e. The summed E-state index contributed by atoms with van der Waals surface area (Å²) in [5.74, 6) is 0. The van der Waals surface area contributed by atoms with Gasteiger partial charge in [0.05, 0.1) is 5.60 Å². The third kappa shape index (κ3) is 2.18. The Morgan fingerprint density at radius 1 is 1.35 bits per heavy atom.